The number of aryl methyl sites for hydroxylation is 1. The number of hydrogen-bond donors (Lipinski definition) is 1. The zero-order chi connectivity index (χ0) is 22.8. The van der Waals surface area contributed by atoms with Crippen LogP contribution in [-0.4, -0.2) is 51.4 Å². The summed E-state index contributed by atoms with van der Waals surface area (Å²) in [7, 11) is 3.87. The molecule has 0 aliphatic carbocycles. The topological polar surface area (TPSA) is 78.0 Å². The van der Waals surface area contributed by atoms with Gasteiger partial charge in [-0.2, -0.15) is 0 Å². The SMILES string of the molecule is CN(C)c1ncc(-c2ccccc2)c([C@H]2CCCN2C(=O)CCc2nc3ccccc3[nH]2)n1. The fourth-order valence-electron chi connectivity index (χ4n) is 4.54. The first kappa shape index (κ1) is 21.1. The summed E-state index contributed by atoms with van der Waals surface area (Å²) in [4.78, 5) is 34.6. The molecule has 1 N–H and O–H groups in total. The van der Waals surface area contributed by atoms with E-state index in [4.69, 9.17) is 4.98 Å². The van der Waals surface area contributed by atoms with Gasteiger partial charge in [0.2, 0.25) is 11.9 Å². The second-order valence-corrected chi connectivity index (χ2v) is 8.68. The smallest absolute Gasteiger partial charge is 0.225 e. The zero-order valence-corrected chi connectivity index (χ0v) is 19.0. The van der Waals surface area contributed by atoms with E-state index >= 15 is 0 Å². The molecule has 1 saturated heterocycles. The molecule has 33 heavy (non-hydrogen) atoms. The van der Waals surface area contributed by atoms with Crippen LogP contribution in [0.5, 0.6) is 0 Å². The normalized spacial score (nSPS) is 15.8. The number of anilines is 1. The van der Waals surface area contributed by atoms with Crippen LogP contribution in [0.25, 0.3) is 22.2 Å². The Balaban J connectivity index is 1.40. The van der Waals surface area contributed by atoms with Gasteiger partial charge in [0.05, 0.1) is 22.8 Å². The lowest BCUT2D eigenvalue weighted by atomic mass is 9.99. The van der Waals surface area contributed by atoms with Crippen molar-refractivity contribution in [3.63, 3.8) is 0 Å². The molecule has 1 aliphatic rings. The van der Waals surface area contributed by atoms with Gasteiger partial charge in [0, 0.05) is 45.2 Å². The summed E-state index contributed by atoms with van der Waals surface area (Å²) in [5.74, 6) is 1.65. The number of aromatic nitrogens is 4. The predicted octanol–water partition coefficient (Wildman–Crippen LogP) is 4.38. The molecule has 168 valence electrons. The molecular formula is C26H28N6O. The van der Waals surface area contributed by atoms with E-state index in [-0.39, 0.29) is 11.9 Å². The highest BCUT2D eigenvalue weighted by Gasteiger charge is 2.33. The van der Waals surface area contributed by atoms with Crippen LogP contribution in [0.2, 0.25) is 0 Å². The third-order valence-electron chi connectivity index (χ3n) is 6.19. The number of amides is 1. The number of likely N-dealkylation sites (tertiary alicyclic amines) is 1. The Kier molecular flexibility index (Phi) is 5.77. The Morgan fingerprint density at radius 2 is 1.88 bits per heavy atom. The van der Waals surface area contributed by atoms with Gasteiger partial charge in [-0.15, -0.1) is 0 Å². The Labute approximate surface area is 193 Å². The molecule has 0 unspecified atom stereocenters. The maximum Gasteiger partial charge on any atom is 0.225 e. The van der Waals surface area contributed by atoms with Gasteiger partial charge in [-0.3, -0.25) is 4.79 Å². The molecule has 2 aromatic carbocycles. The van der Waals surface area contributed by atoms with Crippen molar-refractivity contribution in [3.8, 4) is 11.1 Å². The highest BCUT2D eigenvalue weighted by Crippen LogP contribution is 2.37. The van der Waals surface area contributed by atoms with Gasteiger partial charge in [-0.05, 0) is 30.5 Å². The molecule has 1 aliphatic heterocycles. The highest BCUT2D eigenvalue weighted by atomic mass is 16.2. The summed E-state index contributed by atoms with van der Waals surface area (Å²) in [5, 5.41) is 0. The summed E-state index contributed by atoms with van der Waals surface area (Å²) in [6, 6.07) is 18.1. The van der Waals surface area contributed by atoms with E-state index in [1.165, 1.54) is 0 Å². The van der Waals surface area contributed by atoms with Crippen LogP contribution < -0.4 is 4.90 Å². The molecule has 0 spiro atoms. The first-order valence-electron chi connectivity index (χ1n) is 11.4. The second kappa shape index (κ2) is 9.02. The van der Waals surface area contributed by atoms with Crippen molar-refractivity contribution in [1.29, 1.82) is 0 Å². The Morgan fingerprint density at radius 1 is 1.09 bits per heavy atom. The maximum atomic E-state index is 13.3. The Hall–Kier alpha value is -3.74. The number of rotatable bonds is 6. The summed E-state index contributed by atoms with van der Waals surface area (Å²) in [6.07, 6.45) is 4.77. The van der Waals surface area contributed by atoms with Crippen molar-refractivity contribution in [2.75, 3.05) is 25.5 Å². The van der Waals surface area contributed by atoms with Crippen LogP contribution in [-0.2, 0) is 11.2 Å². The summed E-state index contributed by atoms with van der Waals surface area (Å²) >= 11 is 0. The average Bonchev–Trinajstić information content (AvgIpc) is 3.50. The van der Waals surface area contributed by atoms with Crippen LogP contribution in [0.4, 0.5) is 5.95 Å². The zero-order valence-electron chi connectivity index (χ0n) is 19.0. The first-order chi connectivity index (χ1) is 16.1. The summed E-state index contributed by atoms with van der Waals surface area (Å²) in [5.41, 5.74) is 4.92. The molecule has 2 aromatic heterocycles. The van der Waals surface area contributed by atoms with Crippen LogP contribution >= 0.6 is 0 Å². The van der Waals surface area contributed by atoms with Gasteiger partial charge in [0.25, 0.3) is 0 Å². The fourth-order valence-corrected chi connectivity index (χ4v) is 4.54. The standard InChI is InChI=1S/C26H28N6O/c1-31(2)26-27-17-19(18-9-4-3-5-10-18)25(30-26)22-13-8-16-32(22)24(33)15-14-23-28-20-11-6-7-12-21(20)29-23/h3-7,9-12,17,22H,8,13-16H2,1-2H3,(H,28,29)/t22-/m1/s1. The van der Waals surface area contributed by atoms with Crippen LogP contribution in [0, 0.1) is 0 Å². The van der Waals surface area contributed by atoms with Gasteiger partial charge < -0.3 is 14.8 Å². The highest BCUT2D eigenvalue weighted by molar-refractivity contribution is 5.79. The van der Waals surface area contributed by atoms with Crippen molar-refractivity contribution in [3.05, 3.63) is 72.3 Å². The van der Waals surface area contributed by atoms with E-state index in [9.17, 15) is 4.79 Å². The lowest BCUT2D eigenvalue weighted by Gasteiger charge is -2.27. The molecule has 0 bridgehead atoms. The number of hydrogen-bond acceptors (Lipinski definition) is 5. The van der Waals surface area contributed by atoms with E-state index in [1.54, 1.807) is 0 Å². The molecule has 5 rings (SSSR count). The maximum absolute atomic E-state index is 13.3. The minimum absolute atomic E-state index is 0.0509. The van der Waals surface area contributed by atoms with E-state index in [2.05, 4.69) is 27.1 Å². The molecule has 1 atom stereocenters. The lowest BCUT2D eigenvalue weighted by molar-refractivity contribution is -0.132. The van der Waals surface area contributed by atoms with Gasteiger partial charge >= 0.3 is 0 Å². The lowest BCUT2D eigenvalue weighted by Crippen LogP contribution is -2.32. The number of fused-ring (bicyclic) bond motifs is 1. The van der Waals surface area contributed by atoms with Gasteiger partial charge in [0.15, 0.2) is 0 Å². The molecule has 7 heteroatoms. The third kappa shape index (κ3) is 4.31. The van der Waals surface area contributed by atoms with Crippen molar-refractivity contribution < 1.29 is 4.79 Å². The summed E-state index contributed by atoms with van der Waals surface area (Å²) in [6.45, 7) is 0.749. The number of imidazole rings is 1. The number of carbonyl (C=O) groups is 1. The summed E-state index contributed by atoms with van der Waals surface area (Å²) < 4.78 is 0. The van der Waals surface area contributed by atoms with Crippen LogP contribution in [0.3, 0.4) is 0 Å². The quantitative estimate of drug-likeness (QED) is 0.481. The van der Waals surface area contributed by atoms with Gasteiger partial charge in [-0.25, -0.2) is 15.0 Å². The monoisotopic (exact) mass is 440 g/mol. The first-order valence-corrected chi connectivity index (χ1v) is 11.4. The third-order valence-corrected chi connectivity index (χ3v) is 6.19. The molecule has 3 heterocycles. The van der Waals surface area contributed by atoms with Crippen molar-refractivity contribution in [1.82, 2.24) is 24.8 Å². The molecule has 0 radical (unpaired) electrons. The number of carbonyl (C=O) groups excluding carboxylic acids is 1. The minimum Gasteiger partial charge on any atom is -0.347 e. The number of aromatic amines is 1. The largest absolute Gasteiger partial charge is 0.347 e. The molecule has 0 saturated carbocycles. The van der Waals surface area contributed by atoms with E-state index in [0.717, 1.165) is 53.1 Å². The van der Waals surface area contributed by atoms with Gasteiger partial charge in [0.1, 0.15) is 5.82 Å². The van der Waals surface area contributed by atoms with Crippen LogP contribution in [0.15, 0.2) is 60.8 Å². The predicted molar refractivity (Wildman–Crippen MR) is 130 cm³/mol. The van der Waals surface area contributed by atoms with Crippen molar-refractivity contribution >= 4 is 22.9 Å². The van der Waals surface area contributed by atoms with E-state index in [1.807, 2.05) is 72.6 Å². The molecule has 4 aromatic rings. The number of para-hydroxylation sites is 2. The van der Waals surface area contributed by atoms with Crippen LogP contribution in [0.1, 0.15) is 36.8 Å². The number of benzene rings is 2. The van der Waals surface area contributed by atoms with E-state index in [0.29, 0.717) is 18.8 Å². The Bertz CT molecular complexity index is 1230. The fraction of sp³-hybridized carbons (Fsp3) is 0.308. The average molecular weight is 441 g/mol. The van der Waals surface area contributed by atoms with Crippen molar-refractivity contribution in [2.45, 2.75) is 31.7 Å². The molecule has 1 amide bonds. The molecule has 7 nitrogen and oxygen atoms in total. The molecular weight excluding hydrogens is 412 g/mol. The minimum atomic E-state index is -0.0509. The van der Waals surface area contributed by atoms with Gasteiger partial charge in [-0.1, -0.05) is 42.5 Å². The number of nitrogens with zero attached hydrogens (tertiary/aromatic N) is 5. The molecule has 1 fully saturated rings. The Morgan fingerprint density at radius 3 is 2.67 bits per heavy atom. The second-order valence-electron chi connectivity index (χ2n) is 8.68. The van der Waals surface area contributed by atoms with Crippen molar-refractivity contribution in [2.24, 2.45) is 0 Å². The number of H-pyrrole nitrogens is 1. The number of nitrogens with one attached hydrogen (secondary N) is 1. The van der Waals surface area contributed by atoms with E-state index < -0.39 is 0 Å².